The smallest absolute Gasteiger partial charge is 0.408 e. The Kier molecular flexibility index (Phi) is 7.54. The Labute approximate surface area is 208 Å². The lowest BCUT2D eigenvalue weighted by atomic mass is 10.1. The quantitative estimate of drug-likeness (QED) is 0.637. The number of benzene rings is 1. The Morgan fingerprint density at radius 1 is 1.33 bits per heavy atom. The fourth-order valence-electron chi connectivity index (χ4n) is 3.49. The monoisotopic (exact) mass is 518 g/mol. The summed E-state index contributed by atoms with van der Waals surface area (Å²) < 4.78 is 51.5. The summed E-state index contributed by atoms with van der Waals surface area (Å²) in [5.74, 6) is -2.28. The summed E-state index contributed by atoms with van der Waals surface area (Å²) in [6.07, 6.45) is 0.365. The van der Waals surface area contributed by atoms with Crippen LogP contribution in [0.1, 0.15) is 45.7 Å². The van der Waals surface area contributed by atoms with Crippen molar-refractivity contribution in [2.45, 2.75) is 63.8 Å². The molecule has 1 aliphatic rings. The standard InChI is InChI=1S/C24H27FN4O6S/c1-14(2)34-21-7-6-15(11-27-21)12-29-19-8-16(10-26)17(25)9-20(19)36(32,33)13-18(22(29)30)28-23(31)35-24(3,4)5/h6-9,11,14,18H,12-13H2,1-5H3,(H,28,31)/t18-/m0/s1. The van der Waals surface area contributed by atoms with Crippen LogP contribution in [0.5, 0.6) is 5.88 Å². The fourth-order valence-corrected chi connectivity index (χ4v) is 5.11. The minimum Gasteiger partial charge on any atom is -0.475 e. The van der Waals surface area contributed by atoms with E-state index >= 15 is 0 Å². The number of pyridine rings is 1. The SMILES string of the molecule is CC(C)Oc1ccc(CN2C(=O)[C@@H](NC(=O)OC(C)(C)C)CS(=O)(=O)c3cc(F)c(C#N)cc32)cn1. The van der Waals surface area contributed by atoms with E-state index in [1.54, 1.807) is 39.0 Å². The molecule has 10 nitrogen and oxygen atoms in total. The van der Waals surface area contributed by atoms with Crippen molar-refractivity contribution >= 4 is 27.5 Å². The number of rotatable bonds is 5. The third-order valence-electron chi connectivity index (χ3n) is 4.93. The molecule has 0 unspecified atom stereocenters. The first-order valence-electron chi connectivity index (χ1n) is 11.1. The maximum atomic E-state index is 14.4. The number of halogens is 1. The number of nitrogens with one attached hydrogen (secondary N) is 1. The molecule has 36 heavy (non-hydrogen) atoms. The molecule has 0 fully saturated rings. The molecule has 0 saturated carbocycles. The number of hydrogen-bond acceptors (Lipinski definition) is 8. The van der Waals surface area contributed by atoms with Gasteiger partial charge in [-0.2, -0.15) is 5.26 Å². The van der Waals surface area contributed by atoms with E-state index in [9.17, 15) is 27.7 Å². The zero-order chi connectivity index (χ0) is 26.8. The maximum Gasteiger partial charge on any atom is 0.408 e. The van der Waals surface area contributed by atoms with Gasteiger partial charge in [0.15, 0.2) is 9.84 Å². The molecule has 1 N–H and O–H groups in total. The lowest BCUT2D eigenvalue weighted by Crippen LogP contribution is -2.51. The molecule has 0 spiro atoms. The van der Waals surface area contributed by atoms with Crippen molar-refractivity contribution in [1.29, 1.82) is 5.26 Å². The van der Waals surface area contributed by atoms with E-state index in [1.807, 2.05) is 13.8 Å². The van der Waals surface area contributed by atoms with Crippen molar-refractivity contribution in [3.05, 3.63) is 47.4 Å². The number of nitrogens with zero attached hydrogens (tertiary/aromatic N) is 3. The second-order valence-electron chi connectivity index (χ2n) is 9.49. The molecule has 0 radical (unpaired) electrons. The number of ether oxygens (including phenoxy) is 2. The van der Waals surface area contributed by atoms with Crippen LogP contribution in [-0.4, -0.2) is 48.9 Å². The molecule has 1 atom stereocenters. The third-order valence-corrected chi connectivity index (χ3v) is 6.70. The van der Waals surface area contributed by atoms with Gasteiger partial charge in [-0.1, -0.05) is 6.07 Å². The average Bonchev–Trinajstić information content (AvgIpc) is 2.82. The van der Waals surface area contributed by atoms with Gasteiger partial charge in [-0.15, -0.1) is 0 Å². The van der Waals surface area contributed by atoms with E-state index in [2.05, 4.69) is 10.3 Å². The Bertz CT molecular complexity index is 1310. The summed E-state index contributed by atoms with van der Waals surface area (Å²) in [7, 11) is -4.26. The summed E-state index contributed by atoms with van der Waals surface area (Å²) in [5, 5.41) is 11.6. The largest absolute Gasteiger partial charge is 0.475 e. The van der Waals surface area contributed by atoms with Crippen LogP contribution < -0.4 is 15.0 Å². The number of carbonyl (C=O) groups excluding carboxylic acids is 2. The minimum absolute atomic E-state index is 0.105. The topological polar surface area (TPSA) is 139 Å². The summed E-state index contributed by atoms with van der Waals surface area (Å²) in [4.78, 5) is 30.8. The van der Waals surface area contributed by atoms with Gasteiger partial charge in [0.25, 0.3) is 5.91 Å². The van der Waals surface area contributed by atoms with E-state index in [1.165, 1.54) is 6.20 Å². The lowest BCUT2D eigenvalue weighted by Gasteiger charge is -2.27. The highest BCUT2D eigenvalue weighted by molar-refractivity contribution is 7.91. The number of anilines is 1. The van der Waals surface area contributed by atoms with Gasteiger partial charge in [0, 0.05) is 12.3 Å². The second kappa shape index (κ2) is 10.1. The number of hydrogen-bond donors (Lipinski definition) is 1. The van der Waals surface area contributed by atoms with E-state index in [0.717, 1.165) is 17.0 Å². The lowest BCUT2D eigenvalue weighted by molar-refractivity contribution is -0.120. The molecule has 0 saturated heterocycles. The first kappa shape index (κ1) is 26.9. The number of aromatic nitrogens is 1. The highest BCUT2D eigenvalue weighted by Gasteiger charge is 2.40. The Balaban J connectivity index is 2.07. The summed E-state index contributed by atoms with van der Waals surface area (Å²) >= 11 is 0. The van der Waals surface area contributed by atoms with Crippen LogP contribution in [-0.2, 0) is 25.9 Å². The van der Waals surface area contributed by atoms with Crippen LogP contribution in [0.3, 0.4) is 0 Å². The first-order valence-corrected chi connectivity index (χ1v) is 12.7. The number of fused-ring (bicyclic) bond motifs is 1. The maximum absolute atomic E-state index is 14.4. The summed E-state index contributed by atoms with van der Waals surface area (Å²) in [6, 6.07) is 5.10. The Morgan fingerprint density at radius 2 is 2.03 bits per heavy atom. The van der Waals surface area contributed by atoms with E-state index in [-0.39, 0.29) is 18.3 Å². The molecule has 192 valence electrons. The first-order chi connectivity index (χ1) is 16.7. The highest BCUT2D eigenvalue weighted by Crippen LogP contribution is 2.34. The fraction of sp³-hybridized carbons (Fsp3) is 0.417. The Hall–Kier alpha value is -3.72. The van der Waals surface area contributed by atoms with Crippen molar-refractivity contribution in [2.24, 2.45) is 0 Å². The number of alkyl carbamates (subject to hydrolysis) is 1. The molecule has 1 aromatic heterocycles. The molecule has 3 rings (SSSR count). The zero-order valence-electron chi connectivity index (χ0n) is 20.5. The molecule has 2 heterocycles. The van der Waals surface area contributed by atoms with Crippen LogP contribution in [0.2, 0.25) is 0 Å². The number of sulfone groups is 1. The van der Waals surface area contributed by atoms with E-state index in [4.69, 9.17) is 9.47 Å². The van der Waals surface area contributed by atoms with Crippen molar-refractivity contribution in [3.63, 3.8) is 0 Å². The molecule has 1 aliphatic heterocycles. The molecular formula is C24H27FN4O6S. The van der Waals surface area contributed by atoms with Gasteiger partial charge in [-0.05, 0) is 52.3 Å². The Morgan fingerprint density at radius 3 is 2.58 bits per heavy atom. The van der Waals surface area contributed by atoms with E-state index in [0.29, 0.717) is 11.4 Å². The van der Waals surface area contributed by atoms with Crippen LogP contribution in [0, 0.1) is 17.1 Å². The van der Waals surface area contributed by atoms with Crippen molar-refractivity contribution in [1.82, 2.24) is 10.3 Å². The van der Waals surface area contributed by atoms with Gasteiger partial charge in [-0.25, -0.2) is 22.6 Å². The molecule has 0 aliphatic carbocycles. The zero-order valence-corrected chi connectivity index (χ0v) is 21.3. The van der Waals surface area contributed by atoms with Gasteiger partial charge in [-0.3, -0.25) is 4.79 Å². The summed E-state index contributed by atoms with van der Waals surface area (Å²) in [5.41, 5.74) is -0.994. The second-order valence-corrected chi connectivity index (χ2v) is 11.5. The average molecular weight is 519 g/mol. The molecule has 1 aromatic carbocycles. The van der Waals surface area contributed by atoms with Crippen LogP contribution in [0.4, 0.5) is 14.9 Å². The van der Waals surface area contributed by atoms with Crippen molar-refractivity contribution in [2.75, 3.05) is 10.7 Å². The predicted octanol–water partition coefficient (Wildman–Crippen LogP) is 3.09. The van der Waals surface area contributed by atoms with Crippen molar-refractivity contribution < 1.29 is 31.9 Å². The molecule has 12 heteroatoms. The predicted molar refractivity (Wildman–Crippen MR) is 128 cm³/mol. The van der Waals surface area contributed by atoms with Gasteiger partial charge in [0.2, 0.25) is 5.88 Å². The van der Waals surface area contributed by atoms with Crippen LogP contribution >= 0.6 is 0 Å². The van der Waals surface area contributed by atoms with E-state index < -0.39 is 55.5 Å². The summed E-state index contributed by atoms with van der Waals surface area (Å²) in [6.45, 7) is 8.36. The van der Waals surface area contributed by atoms with Crippen LogP contribution in [0.15, 0.2) is 35.4 Å². The molecular weight excluding hydrogens is 491 g/mol. The van der Waals surface area contributed by atoms with Crippen LogP contribution in [0.25, 0.3) is 0 Å². The molecule has 0 bridgehead atoms. The van der Waals surface area contributed by atoms with Gasteiger partial charge >= 0.3 is 6.09 Å². The molecule has 2 amide bonds. The molecule has 2 aromatic rings. The minimum atomic E-state index is -4.26. The number of nitriles is 1. The number of carbonyl (C=O) groups is 2. The number of amides is 2. The van der Waals surface area contributed by atoms with Gasteiger partial charge < -0.3 is 19.7 Å². The highest BCUT2D eigenvalue weighted by atomic mass is 32.2. The van der Waals surface area contributed by atoms with Gasteiger partial charge in [0.1, 0.15) is 23.5 Å². The normalized spacial score (nSPS) is 17.1. The van der Waals surface area contributed by atoms with Gasteiger partial charge in [0.05, 0.1) is 34.5 Å². The third kappa shape index (κ3) is 6.28. The van der Waals surface area contributed by atoms with Crippen molar-refractivity contribution in [3.8, 4) is 11.9 Å².